The molecule has 0 heterocycles. The minimum absolute atomic E-state index is 0.110. The van der Waals surface area contributed by atoms with E-state index in [1.807, 2.05) is 12.1 Å². The van der Waals surface area contributed by atoms with Crippen LogP contribution in [0.25, 0.3) is 11.1 Å². The van der Waals surface area contributed by atoms with E-state index in [0.29, 0.717) is 29.0 Å². The molecule has 0 fully saturated rings. The van der Waals surface area contributed by atoms with Crippen LogP contribution in [0.4, 0.5) is 0 Å². The third kappa shape index (κ3) is 4.06. The van der Waals surface area contributed by atoms with E-state index in [4.69, 9.17) is 14.2 Å². The Labute approximate surface area is 210 Å². The van der Waals surface area contributed by atoms with Crippen molar-refractivity contribution in [1.82, 2.24) is 5.32 Å². The summed E-state index contributed by atoms with van der Waals surface area (Å²) in [4.78, 5) is 12.0. The Kier molecular flexibility index (Phi) is 6.36. The van der Waals surface area contributed by atoms with E-state index in [1.165, 1.54) is 22.3 Å². The largest absolute Gasteiger partial charge is 0.508 e. The van der Waals surface area contributed by atoms with E-state index in [2.05, 4.69) is 41.7 Å². The molecule has 0 radical (unpaired) electrons. The van der Waals surface area contributed by atoms with Crippen LogP contribution in [-0.2, 0) is 28.3 Å². The maximum atomic E-state index is 12.0. The third-order valence-corrected chi connectivity index (χ3v) is 6.72. The molecule has 36 heavy (non-hydrogen) atoms. The predicted octanol–water partition coefficient (Wildman–Crippen LogP) is 5.14. The molecule has 6 nitrogen and oxygen atoms in total. The number of carbonyl (C=O) groups is 1. The highest BCUT2D eigenvalue weighted by molar-refractivity contribution is 5.77. The Morgan fingerprint density at radius 1 is 0.917 bits per heavy atom. The van der Waals surface area contributed by atoms with Crippen molar-refractivity contribution in [3.63, 3.8) is 0 Å². The highest BCUT2D eigenvalue weighted by atomic mass is 16.5. The molecule has 0 aliphatic heterocycles. The average Bonchev–Trinajstić information content (AvgIpc) is 3.30. The van der Waals surface area contributed by atoms with Gasteiger partial charge in [0.2, 0.25) is 6.41 Å². The number of hydrogen-bond acceptors (Lipinski definition) is 5. The van der Waals surface area contributed by atoms with Crippen molar-refractivity contribution in [3.8, 4) is 28.4 Å². The standard InChI is InChI=1S/C30H27NO5/c1-34-24-14-15-28(29(17-24)35-2)30(31-19-32,22-10-12-23(33)13-11-22)36-18-21-7-5-9-26-25-8-4-3-6-20(25)16-27(21)26/h3-15,17,19,33H,16,18H2,1-2H3,(H,31,32). The number of methoxy groups -OCH3 is 2. The lowest BCUT2D eigenvalue weighted by molar-refractivity contribution is -0.121. The fraction of sp³-hybridized carbons (Fsp3) is 0.167. The van der Waals surface area contributed by atoms with E-state index < -0.39 is 5.72 Å². The van der Waals surface area contributed by atoms with Crippen LogP contribution in [0, 0.1) is 0 Å². The lowest BCUT2D eigenvalue weighted by atomic mass is 9.92. The van der Waals surface area contributed by atoms with E-state index in [1.54, 1.807) is 50.6 Å². The van der Waals surface area contributed by atoms with Crippen LogP contribution in [0.1, 0.15) is 27.8 Å². The second kappa shape index (κ2) is 9.76. The van der Waals surface area contributed by atoms with E-state index in [-0.39, 0.29) is 12.4 Å². The monoisotopic (exact) mass is 481 g/mol. The molecule has 0 aromatic heterocycles. The van der Waals surface area contributed by atoms with Gasteiger partial charge in [-0.25, -0.2) is 0 Å². The number of amides is 1. The van der Waals surface area contributed by atoms with Gasteiger partial charge >= 0.3 is 0 Å². The zero-order valence-electron chi connectivity index (χ0n) is 20.2. The summed E-state index contributed by atoms with van der Waals surface area (Å²) in [5.41, 5.74) is 5.81. The molecule has 5 rings (SSSR count). The summed E-state index contributed by atoms with van der Waals surface area (Å²) in [6, 6.07) is 26.5. The molecule has 1 atom stereocenters. The molecule has 4 aromatic carbocycles. The summed E-state index contributed by atoms with van der Waals surface area (Å²) in [5.74, 6) is 1.21. The number of ether oxygens (including phenoxy) is 3. The second-order valence-electron chi connectivity index (χ2n) is 8.62. The summed E-state index contributed by atoms with van der Waals surface area (Å²) >= 11 is 0. The minimum atomic E-state index is -1.39. The average molecular weight is 482 g/mol. The van der Waals surface area contributed by atoms with Gasteiger partial charge in [-0.1, -0.05) is 54.6 Å². The summed E-state index contributed by atoms with van der Waals surface area (Å²) in [7, 11) is 3.14. The van der Waals surface area contributed by atoms with Crippen molar-refractivity contribution >= 4 is 6.41 Å². The highest BCUT2D eigenvalue weighted by Crippen LogP contribution is 2.42. The fourth-order valence-corrected chi connectivity index (χ4v) is 4.93. The number of fused-ring (bicyclic) bond motifs is 3. The van der Waals surface area contributed by atoms with Gasteiger partial charge in [0.25, 0.3) is 0 Å². The number of phenolic OH excluding ortho intramolecular Hbond substituents is 1. The van der Waals surface area contributed by atoms with Crippen molar-refractivity contribution in [2.45, 2.75) is 18.8 Å². The lowest BCUT2D eigenvalue weighted by Crippen LogP contribution is -2.45. The number of aromatic hydroxyl groups is 1. The first-order valence-electron chi connectivity index (χ1n) is 11.7. The zero-order valence-corrected chi connectivity index (χ0v) is 20.2. The maximum absolute atomic E-state index is 12.0. The van der Waals surface area contributed by atoms with Crippen molar-refractivity contribution in [2.75, 3.05) is 14.2 Å². The van der Waals surface area contributed by atoms with Crippen molar-refractivity contribution in [2.24, 2.45) is 0 Å². The minimum Gasteiger partial charge on any atom is -0.508 e. The molecule has 182 valence electrons. The van der Waals surface area contributed by atoms with Crippen LogP contribution in [0.3, 0.4) is 0 Å². The Hall–Kier alpha value is -4.29. The number of phenols is 1. The quantitative estimate of drug-likeness (QED) is 0.225. The topological polar surface area (TPSA) is 77.0 Å². The van der Waals surface area contributed by atoms with Crippen LogP contribution < -0.4 is 14.8 Å². The molecule has 0 bridgehead atoms. The van der Waals surface area contributed by atoms with Gasteiger partial charge in [-0.2, -0.15) is 0 Å². The van der Waals surface area contributed by atoms with E-state index >= 15 is 0 Å². The SMILES string of the molecule is COc1ccc(C(NC=O)(OCc2cccc3c2Cc2ccccc2-3)c2ccc(O)cc2)c(OC)c1. The first-order chi connectivity index (χ1) is 17.6. The maximum Gasteiger partial charge on any atom is 0.209 e. The number of rotatable bonds is 9. The Balaban J connectivity index is 1.60. The van der Waals surface area contributed by atoms with Gasteiger partial charge in [-0.3, -0.25) is 4.79 Å². The van der Waals surface area contributed by atoms with Crippen LogP contribution in [0.5, 0.6) is 17.2 Å². The summed E-state index contributed by atoms with van der Waals surface area (Å²) in [6.45, 7) is 0.230. The highest BCUT2D eigenvalue weighted by Gasteiger charge is 2.39. The molecule has 6 heteroatoms. The molecular weight excluding hydrogens is 454 g/mol. The summed E-state index contributed by atoms with van der Waals surface area (Å²) in [5, 5.41) is 12.8. The number of carbonyl (C=O) groups excluding carboxylic acids is 1. The van der Waals surface area contributed by atoms with Crippen LogP contribution in [0.2, 0.25) is 0 Å². The summed E-state index contributed by atoms with van der Waals surface area (Å²) in [6.07, 6.45) is 1.44. The van der Waals surface area contributed by atoms with Crippen LogP contribution in [0.15, 0.2) is 84.9 Å². The molecule has 1 unspecified atom stereocenters. The zero-order chi connectivity index (χ0) is 25.1. The van der Waals surface area contributed by atoms with E-state index in [0.717, 1.165) is 12.0 Å². The van der Waals surface area contributed by atoms with Gasteiger partial charge in [-0.15, -0.1) is 0 Å². The Bertz CT molecular complexity index is 1400. The molecule has 1 aliphatic rings. The molecule has 4 aromatic rings. The first-order valence-corrected chi connectivity index (χ1v) is 11.7. The predicted molar refractivity (Wildman–Crippen MR) is 137 cm³/mol. The number of nitrogens with one attached hydrogen (secondary N) is 1. The molecular formula is C30H27NO5. The molecule has 2 N–H and O–H groups in total. The van der Waals surface area contributed by atoms with Crippen LogP contribution in [-0.4, -0.2) is 25.7 Å². The van der Waals surface area contributed by atoms with Crippen molar-refractivity contribution in [1.29, 1.82) is 0 Å². The third-order valence-electron chi connectivity index (χ3n) is 6.72. The smallest absolute Gasteiger partial charge is 0.209 e. The number of hydrogen-bond donors (Lipinski definition) is 2. The van der Waals surface area contributed by atoms with Crippen molar-refractivity contribution in [3.05, 3.63) is 113 Å². The fourth-order valence-electron chi connectivity index (χ4n) is 4.93. The first kappa shape index (κ1) is 23.5. The van der Waals surface area contributed by atoms with E-state index in [9.17, 15) is 9.90 Å². The molecule has 0 saturated heterocycles. The molecule has 0 spiro atoms. The second-order valence-corrected chi connectivity index (χ2v) is 8.62. The normalized spacial score (nSPS) is 13.3. The van der Waals surface area contributed by atoms with Gasteiger partial charge < -0.3 is 24.6 Å². The Morgan fingerprint density at radius 2 is 1.69 bits per heavy atom. The summed E-state index contributed by atoms with van der Waals surface area (Å²) < 4.78 is 17.7. The Morgan fingerprint density at radius 3 is 2.44 bits per heavy atom. The van der Waals surface area contributed by atoms with Crippen LogP contribution >= 0.6 is 0 Å². The molecule has 0 saturated carbocycles. The van der Waals surface area contributed by atoms with Gasteiger partial charge in [0.05, 0.1) is 26.4 Å². The van der Waals surface area contributed by atoms with Gasteiger partial charge in [0.15, 0.2) is 5.72 Å². The molecule has 1 aliphatic carbocycles. The van der Waals surface area contributed by atoms with Gasteiger partial charge in [0.1, 0.15) is 17.2 Å². The number of benzene rings is 4. The van der Waals surface area contributed by atoms with Crippen molar-refractivity contribution < 1.29 is 24.1 Å². The lowest BCUT2D eigenvalue weighted by Gasteiger charge is -2.35. The van der Waals surface area contributed by atoms with Gasteiger partial charge in [-0.05, 0) is 58.5 Å². The molecule has 1 amide bonds. The van der Waals surface area contributed by atoms with Gasteiger partial charge in [0, 0.05) is 11.6 Å².